The SMILES string of the molecule is C=CCCS(=O)(=O)C1CCCCC1=O. The topological polar surface area (TPSA) is 51.2 Å². The average Bonchev–Trinajstić information content (AvgIpc) is 2.15. The number of ketones is 1. The third kappa shape index (κ3) is 2.67. The molecule has 0 heterocycles. The van der Waals surface area contributed by atoms with E-state index in [-0.39, 0.29) is 11.5 Å². The Bertz CT molecular complexity index is 316. The van der Waals surface area contributed by atoms with Crippen LogP contribution < -0.4 is 0 Å². The summed E-state index contributed by atoms with van der Waals surface area (Å²) in [5.41, 5.74) is 0. The number of sulfone groups is 1. The predicted octanol–water partition coefficient (Wildman–Crippen LogP) is 1.49. The summed E-state index contributed by atoms with van der Waals surface area (Å²) in [6.07, 6.45) is 4.64. The molecule has 1 rings (SSSR count). The standard InChI is InChI=1S/C10H16O3S/c1-2-3-8-14(12,13)10-7-5-4-6-9(10)11/h2,10H,1,3-8H2. The third-order valence-electron chi connectivity index (χ3n) is 2.54. The van der Waals surface area contributed by atoms with Gasteiger partial charge in [0, 0.05) is 6.42 Å². The Morgan fingerprint density at radius 3 is 2.71 bits per heavy atom. The Labute approximate surface area is 85.1 Å². The van der Waals surface area contributed by atoms with E-state index in [2.05, 4.69) is 6.58 Å². The predicted molar refractivity (Wildman–Crippen MR) is 55.9 cm³/mol. The van der Waals surface area contributed by atoms with Crippen LogP contribution in [0, 0.1) is 0 Å². The van der Waals surface area contributed by atoms with Crippen LogP contribution in [0.25, 0.3) is 0 Å². The first-order chi connectivity index (χ1) is 6.58. The normalized spacial score (nSPS) is 23.4. The molecule has 0 aromatic carbocycles. The first-order valence-electron chi connectivity index (χ1n) is 4.93. The Morgan fingerprint density at radius 2 is 2.14 bits per heavy atom. The highest BCUT2D eigenvalue weighted by molar-refractivity contribution is 7.92. The van der Waals surface area contributed by atoms with Gasteiger partial charge in [-0.15, -0.1) is 6.58 Å². The van der Waals surface area contributed by atoms with Crippen molar-refractivity contribution in [1.29, 1.82) is 0 Å². The second-order valence-corrected chi connectivity index (χ2v) is 5.95. The average molecular weight is 216 g/mol. The Balaban J connectivity index is 2.69. The minimum atomic E-state index is -3.22. The van der Waals surface area contributed by atoms with Gasteiger partial charge < -0.3 is 0 Å². The lowest BCUT2D eigenvalue weighted by Crippen LogP contribution is -2.34. The zero-order valence-corrected chi connectivity index (χ0v) is 9.05. The molecule has 1 fully saturated rings. The van der Waals surface area contributed by atoms with Crippen molar-refractivity contribution in [3.63, 3.8) is 0 Å². The molecule has 0 saturated heterocycles. The van der Waals surface area contributed by atoms with Crippen molar-refractivity contribution < 1.29 is 13.2 Å². The van der Waals surface area contributed by atoms with Gasteiger partial charge in [0.15, 0.2) is 15.6 Å². The summed E-state index contributed by atoms with van der Waals surface area (Å²) in [7, 11) is -3.22. The van der Waals surface area contributed by atoms with Crippen LogP contribution >= 0.6 is 0 Å². The maximum Gasteiger partial charge on any atom is 0.160 e. The number of hydrogen-bond donors (Lipinski definition) is 0. The molecule has 0 aromatic heterocycles. The van der Waals surface area contributed by atoms with Crippen LogP contribution in [-0.4, -0.2) is 25.2 Å². The molecule has 0 aromatic rings. The van der Waals surface area contributed by atoms with Gasteiger partial charge in [0.2, 0.25) is 0 Å². The van der Waals surface area contributed by atoms with Crippen LogP contribution in [0.1, 0.15) is 32.1 Å². The van der Waals surface area contributed by atoms with Crippen molar-refractivity contribution in [3.05, 3.63) is 12.7 Å². The van der Waals surface area contributed by atoms with Gasteiger partial charge in [0.05, 0.1) is 5.75 Å². The minimum absolute atomic E-state index is 0.0624. The van der Waals surface area contributed by atoms with E-state index in [9.17, 15) is 13.2 Å². The zero-order valence-electron chi connectivity index (χ0n) is 8.24. The van der Waals surface area contributed by atoms with E-state index in [1.807, 2.05) is 0 Å². The second kappa shape index (κ2) is 4.73. The summed E-state index contributed by atoms with van der Waals surface area (Å²) in [5.74, 6) is -0.0345. The van der Waals surface area contributed by atoms with Crippen molar-refractivity contribution in [2.24, 2.45) is 0 Å². The van der Waals surface area contributed by atoms with Crippen molar-refractivity contribution in [1.82, 2.24) is 0 Å². The highest BCUT2D eigenvalue weighted by Gasteiger charge is 2.33. The van der Waals surface area contributed by atoms with Crippen molar-refractivity contribution in [2.75, 3.05) is 5.75 Å². The Kier molecular flexibility index (Phi) is 3.86. The third-order valence-corrected chi connectivity index (χ3v) is 4.71. The van der Waals surface area contributed by atoms with E-state index >= 15 is 0 Å². The fourth-order valence-electron chi connectivity index (χ4n) is 1.72. The fraction of sp³-hybridized carbons (Fsp3) is 0.700. The van der Waals surface area contributed by atoms with E-state index in [1.165, 1.54) is 0 Å². The molecule has 0 amide bonds. The van der Waals surface area contributed by atoms with Crippen LogP contribution in [0.15, 0.2) is 12.7 Å². The molecular formula is C10H16O3S. The Hall–Kier alpha value is -0.640. The van der Waals surface area contributed by atoms with E-state index in [1.54, 1.807) is 6.08 Å². The van der Waals surface area contributed by atoms with Crippen LogP contribution in [0.4, 0.5) is 0 Å². The molecule has 0 N–H and O–H groups in total. The summed E-state index contributed by atoms with van der Waals surface area (Å²) in [5, 5.41) is -0.726. The molecule has 0 radical (unpaired) electrons. The number of carbonyl (C=O) groups is 1. The quantitative estimate of drug-likeness (QED) is 0.669. The lowest BCUT2D eigenvalue weighted by atomic mass is 9.99. The molecule has 14 heavy (non-hydrogen) atoms. The maximum atomic E-state index is 11.7. The molecule has 1 saturated carbocycles. The molecule has 1 aliphatic rings. The van der Waals surface area contributed by atoms with E-state index in [4.69, 9.17) is 0 Å². The first-order valence-corrected chi connectivity index (χ1v) is 6.64. The molecule has 4 heteroatoms. The molecule has 1 atom stereocenters. The van der Waals surface area contributed by atoms with Gasteiger partial charge in [0.1, 0.15) is 5.25 Å². The molecule has 1 aliphatic carbocycles. The van der Waals surface area contributed by atoms with Gasteiger partial charge >= 0.3 is 0 Å². The minimum Gasteiger partial charge on any atom is -0.298 e. The van der Waals surface area contributed by atoms with Gasteiger partial charge in [-0.05, 0) is 19.3 Å². The molecule has 3 nitrogen and oxygen atoms in total. The summed E-state index contributed by atoms with van der Waals surface area (Å²) in [6, 6.07) is 0. The molecule has 0 bridgehead atoms. The fourth-order valence-corrected chi connectivity index (χ4v) is 3.54. The lowest BCUT2D eigenvalue weighted by Gasteiger charge is -2.20. The highest BCUT2D eigenvalue weighted by Crippen LogP contribution is 2.21. The highest BCUT2D eigenvalue weighted by atomic mass is 32.2. The lowest BCUT2D eigenvalue weighted by molar-refractivity contribution is -0.119. The van der Waals surface area contributed by atoms with Crippen LogP contribution in [0.3, 0.4) is 0 Å². The van der Waals surface area contributed by atoms with E-state index < -0.39 is 15.1 Å². The van der Waals surface area contributed by atoms with Crippen LogP contribution in [-0.2, 0) is 14.6 Å². The van der Waals surface area contributed by atoms with Gasteiger partial charge in [0.25, 0.3) is 0 Å². The zero-order chi connectivity index (χ0) is 10.6. The Morgan fingerprint density at radius 1 is 1.43 bits per heavy atom. The number of hydrogen-bond acceptors (Lipinski definition) is 3. The number of Topliss-reactive ketones (excluding diaryl/α,β-unsaturated/α-hetero) is 1. The van der Waals surface area contributed by atoms with Gasteiger partial charge in [-0.2, -0.15) is 0 Å². The van der Waals surface area contributed by atoms with Crippen molar-refractivity contribution in [3.8, 4) is 0 Å². The van der Waals surface area contributed by atoms with Crippen LogP contribution in [0.2, 0.25) is 0 Å². The smallest absolute Gasteiger partial charge is 0.160 e. The number of allylic oxidation sites excluding steroid dienone is 1. The van der Waals surface area contributed by atoms with Crippen molar-refractivity contribution >= 4 is 15.6 Å². The molecule has 1 unspecified atom stereocenters. The number of carbonyl (C=O) groups excluding carboxylic acids is 1. The second-order valence-electron chi connectivity index (χ2n) is 3.65. The summed E-state index contributed by atoms with van der Waals surface area (Å²) >= 11 is 0. The molecule has 0 aliphatic heterocycles. The summed E-state index contributed by atoms with van der Waals surface area (Å²) < 4.78 is 23.4. The largest absolute Gasteiger partial charge is 0.298 e. The molecular weight excluding hydrogens is 200 g/mol. The molecule has 0 spiro atoms. The number of rotatable bonds is 4. The summed E-state index contributed by atoms with van der Waals surface area (Å²) in [4.78, 5) is 11.4. The molecule has 80 valence electrons. The van der Waals surface area contributed by atoms with E-state index in [0.29, 0.717) is 19.3 Å². The van der Waals surface area contributed by atoms with E-state index in [0.717, 1.165) is 12.8 Å². The van der Waals surface area contributed by atoms with Gasteiger partial charge in [-0.3, -0.25) is 4.79 Å². The van der Waals surface area contributed by atoms with Gasteiger partial charge in [-0.25, -0.2) is 8.42 Å². The summed E-state index contributed by atoms with van der Waals surface area (Å²) in [6.45, 7) is 3.48. The maximum absolute atomic E-state index is 11.7. The van der Waals surface area contributed by atoms with Gasteiger partial charge in [-0.1, -0.05) is 12.5 Å². The van der Waals surface area contributed by atoms with Crippen LogP contribution in [0.5, 0.6) is 0 Å². The monoisotopic (exact) mass is 216 g/mol. The first kappa shape index (κ1) is 11.4. The van der Waals surface area contributed by atoms with Crippen molar-refractivity contribution in [2.45, 2.75) is 37.4 Å².